The van der Waals surface area contributed by atoms with E-state index in [0.717, 1.165) is 0 Å². The number of H-pyrrole nitrogens is 1. The van der Waals surface area contributed by atoms with Crippen molar-refractivity contribution < 1.29 is 24.3 Å². The highest BCUT2D eigenvalue weighted by Crippen LogP contribution is 2.23. The van der Waals surface area contributed by atoms with E-state index >= 15 is 0 Å². The third kappa shape index (κ3) is 3.68. The molecule has 0 saturated carbocycles. The Bertz CT molecular complexity index is 1180. The first-order valence-electron chi connectivity index (χ1n) is 9.91. The lowest BCUT2D eigenvalue weighted by molar-refractivity contribution is -0.128. The minimum atomic E-state index is -1.12. The first-order chi connectivity index (χ1) is 14.9. The molecule has 1 aromatic heterocycles. The summed E-state index contributed by atoms with van der Waals surface area (Å²) in [5.41, 5.74) is 1.06. The summed E-state index contributed by atoms with van der Waals surface area (Å²) < 4.78 is 0. The van der Waals surface area contributed by atoms with Gasteiger partial charge < -0.3 is 19.9 Å². The summed E-state index contributed by atoms with van der Waals surface area (Å²) in [4.78, 5) is 55.9. The topological polar surface area (TPSA) is 111 Å². The second-order valence-corrected chi connectivity index (χ2v) is 7.53. The highest BCUT2D eigenvalue weighted by Gasteiger charge is 2.33. The maximum Gasteiger partial charge on any atom is 0.337 e. The molecule has 158 valence electrons. The van der Waals surface area contributed by atoms with E-state index in [1.807, 2.05) is 13.0 Å². The van der Waals surface area contributed by atoms with Gasteiger partial charge in [0, 0.05) is 42.8 Å². The number of aromatic carboxylic acids is 1. The van der Waals surface area contributed by atoms with Crippen molar-refractivity contribution in [1.82, 2.24) is 14.8 Å². The number of fused-ring (bicyclic) bond motifs is 1. The number of aromatic nitrogens is 1. The number of hydrogen-bond donors (Lipinski definition) is 2. The molecule has 1 aliphatic heterocycles. The molecule has 3 aromatic rings. The SMILES string of the molecule is C[C@@H]1CN(C(=O)C(=O)c2c[nH]c3c(C(=O)O)cccc23)CCN1C(=O)c1ccccc1. The van der Waals surface area contributed by atoms with Crippen LogP contribution in [-0.4, -0.2) is 69.1 Å². The number of amides is 2. The van der Waals surface area contributed by atoms with Gasteiger partial charge in [-0.25, -0.2) is 4.79 Å². The summed E-state index contributed by atoms with van der Waals surface area (Å²) in [5, 5.41) is 9.71. The van der Waals surface area contributed by atoms with Crippen molar-refractivity contribution >= 4 is 34.5 Å². The van der Waals surface area contributed by atoms with Crippen molar-refractivity contribution in [2.45, 2.75) is 13.0 Å². The quantitative estimate of drug-likeness (QED) is 0.498. The first-order valence-corrected chi connectivity index (χ1v) is 9.91. The molecule has 31 heavy (non-hydrogen) atoms. The van der Waals surface area contributed by atoms with Crippen LogP contribution in [0.3, 0.4) is 0 Å². The highest BCUT2D eigenvalue weighted by molar-refractivity contribution is 6.45. The molecule has 1 aliphatic rings. The molecular formula is C23H21N3O5. The molecule has 8 heteroatoms. The van der Waals surface area contributed by atoms with Crippen LogP contribution in [0.2, 0.25) is 0 Å². The van der Waals surface area contributed by atoms with Crippen LogP contribution in [0.15, 0.2) is 54.7 Å². The van der Waals surface area contributed by atoms with Gasteiger partial charge in [0.05, 0.1) is 16.6 Å². The van der Waals surface area contributed by atoms with Crippen LogP contribution in [0.25, 0.3) is 10.9 Å². The lowest BCUT2D eigenvalue weighted by Crippen LogP contribution is -2.56. The van der Waals surface area contributed by atoms with Crippen molar-refractivity contribution in [3.05, 3.63) is 71.4 Å². The Morgan fingerprint density at radius 3 is 2.39 bits per heavy atom. The predicted octanol–water partition coefficient (Wildman–Crippen LogP) is 2.42. The largest absolute Gasteiger partial charge is 0.478 e. The fourth-order valence-electron chi connectivity index (χ4n) is 3.97. The second-order valence-electron chi connectivity index (χ2n) is 7.53. The van der Waals surface area contributed by atoms with Gasteiger partial charge in [0.2, 0.25) is 0 Å². The average molecular weight is 419 g/mol. The summed E-state index contributed by atoms with van der Waals surface area (Å²) >= 11 is 0. The number of carbonyl (C=O) groups is 4. The Morgan fingerprint density at radius 1 is 0.968 bits per heavy atom. The Hall–Kier alpha value is -3.94. The zero-order valence-electron chi connectivity index (χ0n) is 16.9. The Balaban J connectivity index is 1.50. The van der Waals surface area contributed by atoms with Gasteiger partial charge in [0.15, 0.2) is 0 Å². The normalized spacial score (nSPS) is 16.4. The molecule has 1 fully saturated rings. The summed E-state index contributed by atoms with van der Waals surface area (Å²) in [6.45, 7) is 2.66. The summed E-state index contributed by atoms with van der Waals surface area (Å²) in [6, 6.07) is 13.3. The Morgan fingerprint density at radius 2 is 1.71 bits per heavy atom. The smallest absolute Gasteiger partial charge is 0.337 e. The van der Waals surface area contributed by atoms with Crippen LogP contribution >= 0.6 is 0 Å². The molecule has 2 N–H and O–H groups in total. The number of piperazine rings is 1. The number of nitrogens with one attached hydrogen (secondary N) is 1. The van der Waals surface area contributed by atoms with Gasteiger partial charge in [-0.3, -0.25) is 14.4 Å². The predicted molar refractivity (Wildman–Crippen MR) is 113 cm³/mol. The minimum absolute atomic E-state index is 0.0330. The molecule has 2 heterocycles. The molecule has 4 rings (SSSR count). The van der Waals surface area contributed by atoms with E-state index in [0.29, 0.717) is 23.0 Å². The van der Waals surface area contributed by atoms with E-state index in [4.69, 9.17) is 0 Å². The molecule has 0 bridgehead atoms. The van der Waals surface area contributed by atoms with E-state index in [2.05, 4.69) is 4.98 Å². The van der Waals surface area contributed by atoms with Gasteiger partial charge in [0.25, 0.3) is 17.6 Å². The van der Waals surface area contributed by atoms with Crippen LogP contribution in [0.1, 0.15) is 38.0 Å². The van der Waals surface area contributed by atoms with Crippen molar-refractivity contribution in [2.75, 3.05) is 19.6 Å². The average Bonchev–Trinajstić information content (AvgIpc) is 3.22. The standard InChI is InChI=1S/C23H21N3O5/c1-14-13-25(10-11-26(14)21(28)15-6-3-2-4-7-15)22(29)20(27)18-12-24-19-16(18)8-5-9-17(19)23(30)31/h2-9,12,14,24H,10-11,13H2,1H3,(H,30,31)/t14-/m1/s1. The van der Waals surface area contributed by atoms with E-state index < -0.39 is 17.7 Å². The number of ketones is 1. The first kappa shape index (κ1) is 20.3. The number of Topliss-reactive ketones (excluding diaryl/α,β-unsaturated/α-hetero) is 1. The zero-order valence-corrected chi connectivity index (χ0v) is 16.9. The second kappa shape index (κ2) is 8.06. The molecule has 2 aromatic carbocycles. The highest BCUT2D eigenvalue weighted by atomic mass is 16.4. The monoisotopic (exact) mass is 419 g/mol. The van der Waals surface area contributed by atoms with Crippen LogP contribution in [0.4, 0.5) is 0 Å². The summed E-state index contributed by atoms with van der Waals surface area (Å²) in [5.74, 6) is -2.60. The zero-order chi connectivity index (χ0) is 22.1. The van der Waals surface area contributed by atoms with E-state index in [-0.39, 0.29) is 36.2 Å². The van der Waals surface area contributed by atoms with Gasteiger partial charge in [0.1, 0.15) is 0 Å². The van der Waals surface area contributed by atoms with Gasteiger partial charge >= 0.3 is 5.97 Å². The molecule has 0 spiro atoms. The summed E-state index contributed by atoms with van der Waals surface area (Å²) in [6.07, 6.45) is 1.37. The number of carboxylic acid groups (broad SMARTS) is 1. The number of benzene rings is 2. The Labute approximate surface area is 178 Å². The number of nitrogens with zero attached hydrogens (tertiary/aromatic N) is 2. The van der Waals surface area contributed by atoms with Crippen molar-refractivity contribution in [3.63, 3.8) is 0 Å². The maximum absolute atomic E-state index is 12.9. The number of carboxylic acids is 1. The number of hydrogen-bond acceptors (Lipinski definition) is 4. The van der Waals surface area contributed by atoms with Crippen molar-refractivity contribution in [1.29, 1.82) is 0 Å². The molecule has 0 aliphatic carbocycles. The number of carbonyl (C=O) groups excluding carboxylic acids is 3. The van der Waals surface area contributed by atoms with Gasteiger partial charge in [-0.1, -0.05) is 30.3 Å². The molecule has 2 amide bonds. The lowest BCUT2D eigenvalue weighted by Gasteiger charge is -2.39. The fourth-order valence-corrected chi connectivity index (χ4v) is 3.97. The molecular weight excluding hydrogens is 398 g/mol. The van der Waals surface area contributed by atoms with E-state index in [1.54, 1.807) is 35.2 Å². The number of rotatable bonds is 4. The molecule has 0 radical (unpaired) electrons. The fraction of sp³-hybridized carbons (Fsp3) is 0.217. The third-order valence-electron chi connectivity index (χ3n) is 5.58. The number of para-hydroxylation sites is 1. The number of aromatic amines is 1. The van der Waals surface area contributed by atoms with E-state index in [9.17, 15) is 24.3 Å². The Kier molecular flexibility index (Phi) is 5.29. The lowest BCUT2D eigenvalue weighted by atomic mass is 10.0. The van der Waals surface area contributed by atoms with Gasteiger partial charge in [-0.2, -0.15) is 0 Å². The minimum Gasteiger partial charge on any atom is -0.478 e. The van der Waals surface area contributed by atoms with Crippen LogP contribution in [0, 0.1) is 0 Å². The molecule has 1 atom stereocenters. The van der Waals surface area contributed by atoms with Crippen LogP contribution in [-0.2, 0) is 4.79 Å². The van der Waals surface area contributed by atoms with E-state index in [1.165, 1.54) is 23.2 Å². The van der Waals surface area contributed by atoms with Crippen molar-refractivity contribution in [3.8, 4) is 0 Å². The van der Waals surface area contributed by atoms with Crippen molar-refractivity contribution in [2.24, 2.45) is 0 Å². The third-order valence-corrected chi connectivity index (χ3v) is 5.58. The maximum atomic E-state index is 12.9. The van der Waals surface area contributed by atoms with Gasteiger partial charge in [-0.05, 0) is 25.1 Å². The van der Waals surface area contributed by atoms with Crippen LogP contribution < -0.4 is 0 Å². The summed E-state index contributed by atoms with van der Waals surface area (Å²) in [7, 11) is 0. The van der Waals surface area contributed by atoms with Gasteiger partial charge in [-0.15, -0.1) is 0 Å². The molecule has 1 saturated heterocycles. The molecule has 8 nitrogen and oxygen atoms in total. The molecule has 0 unspecified atom stereocenters. The van der Waals surface area contributed by atoms with Crippen LogP contribution in [0.5, 0.6) is 0 Å².